The lowest BCUT2D eigenvalue weighted by Gasteiger charge is -2.18. The van der Waals surface area contributed by atoms with E-state index in [9.17, 15) is 4.79 Å². The van der Waals surface area contributed by atoms with E-state index in [0.29, 0.717) is 24.5 Å². The third-order valence-electron chi connectivity index (χ3n) is 1.92. The smallest absolute Gasteiger partial charge is 0.270 e. The van der Waals surface area contributed by atoms with E-state index in [4.69, 9.17) is 5.73 Å². The third-order valence-corrected chi connectivity index (χ3v) is 1.92. The Hall–Kier alpha value is -1.97. The Bertz CT molecular complexity index is 358. The van der Waals surface area contributed by atoms with E-state index in [0.717, 1.165) is 0 Å². The van der Waals surface area contributed by atoms with Crippen molar-refractivity contribution in [3.05, 3.63) is 43.3 Å². The number of hydrogen-bond donors (Lipinski definition) is 2. The van der Waals surface area contributed by atoms with Crippen molar-refractivity contribution in [3.63, 3.8) is 0 Å². The Balaban J connectivity index is 2.79. The van der Waals surface area contributed by atoms with Gasteiger partial charge in [-0.25, -0.2) is 0 Å². The summed E-state index contributed by atoms with van der Waals surface area (Å²) in [4.78, 5) is 16.3. The first kappa shape index (κ1) is 11.1. The van der Waals surface area contributed by atoms with Crippen molar-refractivity contribution in [2.45, 2.75) is 0 Å². The number of nitrogens with zero attached hydrogens (tertiary/aromatic N) is 1. The Kier molecular flexibility index (Phi) is 3.74. The third kappa shape index (κ3) is 2.74. The van der Waals surface area contributed by atoms with Crippen molar-refractivity contribution < 1.29 is 4.79 Å². The van der Waals surface area contributed by atoms with Crippen molar-refractivity contribution in [1.29, 1.82) is 0 Å². The average molecular weight is 205 g/mol. The van der Waals surface area contributed by atoms with Gasteiger partial charge in [-0.15, -0.1) is 13.2 Å². The number of hydrogen-bond acceptors (Lipinski definition) is 2. The van der Waals surface area contributed by atoms with Crippen LogP contribution < -0.4 is 5.73 Å². The van der Waals surface area contributed by atoms with E-state index in [1.807, 2.05) is 0 Å². The summed E-state index contributed by atoms with van der Waals surface area (Å²) in [7, 11) is 0. The number of aromatic amines is 1. The molecule has 0 radical (unpaired) electrons. The highest BCUT2D eigenvalue weighted by atomic mass is 16.2. The predicted octanol–water partition coefficient (Wildman–Crippen LogP) is 1.41. The van der Waals surface area contributed by atoms with Crippen LogP contribution in [0.25, 0.3) is 0 Å². The minimum Gasteiger partial charge on any atom is -0.397 e. The van der Waals surface area contributed by atoms with Gasteiger partial charge in [0.2, 0.25) is 0 Å². The molecule has 0 saturated carbocycles. The zero-order valence-electron chi connectivity index (χ0n) is 8.57. The monoisotopic (exact) mass is 205 g/mol. The second-order valence-electron chi connectivity index (χ2n) is 3.13. The van der Waals surface area contributed by atoms with Gasteiger partial charge in [-0.2, -0.15) is 0 Å². The van der Waals surface area contributed by atoms with E-state index in [1.54, 1.807) is 29.3 Å². The summed E-state index contributed by atoms with van der Waals surface area (Å²) in [5.74, 6) is -0.105. The molecular weight excluding hydrogens is 190 g/mol. The standard InChI is InChI=1S/C11H15N3O/c1-3-5-14(6-4-2)11(15)10-7-9(12)8-13-10/h3-4,7-8,13H,1-2,5-6,12H2. The Morgan fingerprint density at radius 1 is 1.47 bits per heavy atom. The van der Waals surface area contributed by atoms with Crippen molar-refractivity contribution >= 4 is 11.6 Å². The molecule has 0 fully saturated rings. The molecule has 0 aliphatic heterocycles. The molecule has 1 aromatic heterocycles. The van der Waals surface area contributed by atoms with Crippen LogP contribution in [0.5, 0.6) is 0 Å². The van der Waals surface area contributed by atoms with E-state index in [2.05, 4.69) is 18.1 Å². The van der Waals surface area contributed by atoms with Crippen LogP contribution in [0.15, 0.2) is 37.6 Å². The topological polar surface area (TPSA) is 62.1 Å². The summed E-state index contributed by atoms with van der Waals surface area (Å²) in [5.41, 5.74) is 6.56. The van der Waals surface area contributed by atoms with Gasteiger partial charge in [0.25, 0.3) is 5.91 Å². The summed E-state index contributed by atoms with van der Waals surface area (Å²) in [6, 6.07) is 1.61. The molecule has 1 aromatic rings. The van der Waals surface area contributed by atoms with Crippen LogP contribution in [0.4, 0.5) is 5.69 Å². The first-order valence-electron chi connectivity index (χ1n) is 4.64. The largest absolute Gasteiger partial charge is 0.397 e. The number of nitrogen functional groups attached to an aromatic ring is 1. The molecule has 0 aliphatic carbocycles. The number of nitrogens with two attached hydrogens (primary N) is 1. The summed E-state index contributed by atoms with van der Waals surface area (Å²) >= 11 is 0. The molecular formula is C11H15N3O. The Labute approximate surface area is 89.1 Å². The van der Waals surface area contributed by atoms with Gasteiger partial charge < -0.3 is 15.6 Å². The number of anilines is 1. The van der Waals surface area contributed by atoms with Gasteiger partial charge in [-0.3, -0.25) is 4.79 Å². The lowest BCUT2D eigenvalue weighted by molar-refractivity contribution is 0.0786. The molecule has 0 aromatic carbocycles. The molecule has 0 atom stereocenters. The summed E-state index contributed by atoms with van der Waals surface area (Å²) in [6.07, 6.45) is 4.94. The number of rotatable bonds is 5. The number of H-pyrrole nitrogens is 1. The molecule has 80 valence electrons. The SMILES string of the molecule is C=CCN(CC=C)C(=O)c1cc(N)c[nH]1. The van der Waals surface area contributed by atoms with Gasteiger partial charge in [-0.1, -0.05) is 12.2 Å². The molecule has 1 heterocycles. The van der Waals surface area contributed by atoms with Crippen LogP contribution in [0.3, 0.4) is 0 Å². The summed E-state index contributed by atoms with van der Waals surface area (Å²) < 4.78 is 0. The molecule has 15 heavy (non-hydrogen) atoms. The van der Waals surface area contributed by atoms with Crippen molar-refractivity contribution in [3.8, 4) is 0 Å². The van der Waals surface area contributed by atoms with Gasteiger partial charge in [0, 0.05) is 25.0 Å². The fourth-order valence-electron chi connectivity index (χ4n) is 1.26. The van der Waals surface area contributed by atoms with Gasteiger partial charge in [0.15, 0.2) is 0 Å². The molecule has 1 amide bonds. The molecule has 0 bridgehead atoms. The maximum atomic E-state index is 11.9. The molecule has 0 spiro atoms. The normalized spacial score (nSPS) is 9.60. The van der Waals surface area contributed by atoms with Crippen molar-refractivity contribution in [2.24, 2.45) is 0 Å². The van der Waals surface area contributed by atoms with Gasteiger partial charge >= 0.3 is 0 Å². The highest BCUT2D eigenvalue weighted by Crippen LogP contribution is 2.08. The number of nitrogens with one attached hydrogen (secondary N) is 1. The second-order valence-corrected chi connectivity index (χ2v) is 3.13. The van der Waals surface area contributed by atoms with Crippen LogP contribution in [-0.4, -0.2) is 28.9 Å². The zero-order chi connectivity index (χ0) is 11.3. The highest BCUT2D eigenvalue weighted by Gasteiger charge is 2.14. The number of carbonyl (C=O) groups excluding carboxylic acids is 1. The fourth-order valence-corrected chi connectivity index (χ4v) is 1.26. The van der Waals surface area contributed by atoms with Crippen LogP contribution in [-0.2, 0) is 0 Å². The van der Waals surface area contributed by atoms with Crippen molar-refractivity contribution in [1.82, 2.24) is 9.88 Å². The minimum atomic E-state index is -0.105. The predicted molar refractivity (Wildman–Crippen MR) is 61.5 cm³/mol. The fraction of sp³-hybridized carbons (Fsp3) is 0.182. The van der Waals surface area contributed by atoms with E-state index in [1.165, 1.54) is 0 Å². The number of aromatic nitrogens is 1. The van der Waals surface area contributed by atoms with Crippen LogP contribution in [0, 0.1) is 0 Å². The van der Waals surface area contributed by atoms with Gasteiger partial charge in [0.1, 0.15) is 5.69 Å². The lowest BCUT2D eigenvalue weighted by Crippen LogP contribution is -2.31. The van der Waals surface area contributed by atoms with Gasteiger partial charge in [-0.05, 0) is 6.07 Å². The highest BCUT2D eigenvalue weighted by molar-refractivity contribution is 5.93. The summed E-state index contributed by atoms with van der Waals surface area (Å²) in [6.45, 7) is 8.18. The molecule has 4 heteroatoms. The van der Waals surface area contributed by atoms with Crippen LogP contribution in [0.1, 0.15) is 10.5 Å². The molecule has 0 saturated heterocycles. The van der Waals surface area contributed by atoms with E-state index < -0.39 is 0 Å². The Morgan fingerprint density at radius 3 is 2.47 bits per heavy atom. The summed E-state index contributed by atoms with van der Waals surface area (Å²) in [5, 5.41) is 0. The maximum Gasteiger partial charge on any atom is 0.270 e. The first-order chi connectivity index (χ1) is 7.19. The number of carbonyl (C=O) groups is 1. The van der Waals surface area contributed by atoms with E-state index >= 15 is 0 Å². The Morgan fingerprint density at radius 2 is 2.07 bits per heavy atom. The molecule has 1 rings (SSSR count). The van der Waals surface area contributed by atoms with Gasteiger partial charge in [0.05, 0.1) is 0 Å². The first-order valence-corrected chi connectivity index (χ1v) is 4.64. The lowest BCUT2D eigenvalue weighted by atomic mass is 10.3. The molecule has 3 N–H and O–H groups in total. The molecule has 0 unspecified atom stereocenters. The van der Waals surface area contributed by atoms with E-state index in [-0.39, 0.29) is 5.91 Å². The minimum absolute atomic E-state index is 0.105. The zero-order valence-corrected chi connectivity index (χ0v) is 8.57. The quantitative estimate of drug-likeness (QED) is 0.714. The van der Waals surface area contributed by atoms with Crippen LogP contribution >= 0.6 is 0 Å². The molecule has 0 aliphatic rings. The maximum absolute atomic E-state index is 11.9. The number of amides is 1. The van der Waals surface area contributed by atoms with Crippen LogP contribution in [0.2, 0.25) is 0 Å². The van der Waals surface area contributed by atoms with Crippen molar-refractivity contribution in [2.75, 3.05) is 18.8 Å². The average Bonchev–Trinajstić information content (AvgIpc) is 2.63. The second kappa shape index (κ2) is 5.05. The molecule has 4 nitrogen and oxygen atoms in total.